The van der Waals surface area contributed by atoms with Crippen LogP contribution in [0.3, 0.4) is 0 Å². The standard InChI is InChI=1S/C43H60N4O7/c1-24(2)33-28(48)21-43(45-37-47-46-35(54-37)27-13-11-25(52-10)23-44-27)20-19-41(8)26(34(33)43)12-14-30-40(7)17-16-31(53-32(49)22-38(3,4)36(50)51)39(5,6)29(40)15-18-42(30,41)9/h11,13,23-24,26,29-31H,12,14-22H2,1-10H3,(H,45,47)(H,50,51)/t26-,29+,30-,31+,40+,41-,42-,43-/m1/s1. The topological polar surface area (TPSA) is 154 Å². The number of hydrogen-bond acceptors (Lipinski definition) is 10. The number of Topliss-reactive ketones (excluding diaryl/α,β-unsaturated/α-hetero) is 1. The van der Waals surface area contributed by atoms with Crippen LogP contribution in [0.4, 0.5) is 6.01 Å². The number of methoxy groups -OCH3 is 1. The Morgan fingerprint density at radius 2 is 1.72 bits per heavy atom. The average molecular weight is 745 g/mol. The number of hydrogen-bond donors (Lipinski definition) is 2. The molecule has 0 aromatic carbocycles. The van der Waals surface area contributed by atoms with Gasteiger partial charge in [0.05, 0.1) is 30.7 Å². The summed E-state index contributed by atoms with van der Waals surface area (Å²) in [5.74, 6) is 0.917. The van der Waals surface area contributed by atoms with Gasteiger partial charge in [0.25, 0.3) is 5.89 Å². The van der Waals surface area contributed by atoms with Crippen LogP contribution in [0.25, 0.3) is 11.6 Å². The van der Waals surface area contributed by atoms with Crippen LogP contribution >= 0.6 is 0 Å². The Kier molecular flexibility index (Phi) is 9.20. The molecule has 4 saturated carbocycles. The summed E-state index contributed by atoms with van der Waals surface area (Å²) >= 11 is 0. The van der Waals surface area contributed by atoms with Gasteiger partial charge in [-0.05, 0) is 128 Å². The number of ketones is 1. The zero-order valence-corrected chi connectivity index (χ0v) is 33.9. The molecule has 11 heteroatoms. The van der Waals surface area contributed by atoms with E-state index in [2.05, 4.69) is 69.0 Å². The van der Waals surface area contributed by atoms with Gasteiger partial charge in [0.1, 0.15) is 17.5 Å². The predicted octanol–water partition coefficient (Wildman–Crippen LogP) is 8.70. The number of carboxylic acid groups (broad SMARTS) is 1. The number of anilines is 1. The summed E-state index contributed by atoms with van der Waals surface area (Å²) in [5, 5.41) is 22.0. The SMILES string of the molecule is COc1ccc(-c2nnc(N[C@@]34CC[C@]5(C)[C@H](CC[C@@H]6[C@@]7(C)CC[C@H](OC(=O)CC(C)(C)C(=O)O)C(C)(C)[C@@H]7CC[C@]65C)C3=C(C(C)C)C(=O)C4)o2)nc1. The maximum absolute atomic E-state index is 14.1. The van der Waals surface area contributed by atoms with E-state index in [1.54, 1.807) is 33.2 Å². The van der Waals surface area contributed by atoms with Gasteiger partial charge in [0.2, 0.25) is 0 Å². The van der Waals surface area contributed by atoms with E-state index in [9.17, 15) is 19.5 Å². The smallest absolute Gasteiger partial charge is 0.316 e. The summed E-state index contributed by atoms with van der Waals surface area (Å²) in [5.41, 5.74) is 0.857. The minimum absolute atomic E-state index is 0.0297. The lowest BCUT2D eigenvalue weighted by Gasteiger charge is -2.72. The van der Waals surface area contributed by atoms with Crippen molar-refractivity contribution in [2.24, 2.45) is 50.7 Å². The first-order valence-corrected chi connectivity index (χ1v) is 20.1. The first kappa shape index (κ1) is 38.5. The van der Waals surface area contributed by atoms with E-state index in [1.165, 1.54) is 5.57 Å². The fourth-order valence-electron chi connectivity index (χ4n) is 12.8. The van der Waals surface area contributed by atoms with Crippen molar-refractivity contribution in [1.82, 2.24) is 15.2 Å². The number of nitrogens with one attached hydrogen (secondary N) is 1. The first-order valence-electron chi connectivity index (χ1n) is 20.1. The number of carboxylic acids is 1. The molecule has 0 aliphatic heterocycles. The molecule has 0 unspecified atom stereocenters. The number of carbonyl (C=O) groups is 3. The van der Waals surface area contributed by atoms with Gasteiger partial charge in [-0.1, -0.05) is 53.6 Å². The average Bonchev–Trinajstić information content (AvgIpc) is 3.67. The van der Waals surface area contributed by atoms with Crippen LogP contribution in [0.1, 0.15) is 127 Å². The van der Waals surface area contributed by atoms with Gasteiger partial charge in [-0.25, -0.2) is 4.98 Å². The Balaban J connectivity index is 1.17. The number of esters is 1. The number of rotatable bonds is 9. The van der Waals surface area contributed by atoms with E-state index in [4.69, 9.17) is 13.9 Å². The van der Waals surface area contributed by atoms with E-state index < -0.39 is 22.9 Å². The highest BCUT2D eigenvalue weighted by Gasteiger charge is 2.70. The molecule has 2 aromatic rings. The van der Waals surface area contributed by atoms with Gasteiger partial charge < -0.3 is 24.3 Å². The van der Waals surface area contributed by atoms with Crippen molar-refractivity contribution < 1.29 is 33.4 Å². The largest absolute Gasteiger partial charge is 0.495 e. The molecule has 0 bridgehead atoms. The van der Waals surface area contributed by atoms with Gasteiger partial charge in [-0.3, -0.25) is 14.4 Å². The first-order chi connectivity index (χ1) is 25.2. The lowest BCUT2D eigenvalue weighted by Crippen LogP contribution is -2.66. The second-order valence-corrected chi connectivity index (χ2v) is 19.6. The number of aliphatic carboxylic acids is 1. The van der Waals surface area contributed by atoms with E-state index in [0.717, 1.165) is 56.9 Å². The number of carbonyl (C=O) groups excluding carboxylic acids is 2. The second kappa shape index (κ2) is 12.9. The zero-order valence-electron chi connectivity index (χ0n) is 33.9. The van der Waals surface area contributed by atoms with Crippen molar-refractivity contribution in [2.45, 2.75) is 138 Å². The highest BCUT2D eigenvalue weighted by Crippen LogP contribution is 2.76. The molecule has 4 fully saturated rings. The normalized spacial score (nSPS) is 35.8. The van der Waals surface area contributed by atoms with Gasteiger partial charge >= 0.3 is 18.0 Å². The number of ether oxygens (including phenoxy) is 2. The fraction of sp³-hybridized carbons (Fsp3) is 0.721. The zero-order chi connectivity index (χ0) is 39.2. The third kappa shape index (κ3) is 5.72. The molecule has 0 amide bonds. The van der Waals surface area contributed by atoms with E-state index in [-0.39, 0.29) is 51.8 Å². The molecule has 11 nitrogen and oxygen atoms in total. The molecule has 2 heterocycles. The van der Waals surface area contributed by atoms with Gasteiger partial charge in [0, 0.05) is 11.8 Å². The molecule has 2 N–H and O–H groups in total. The molecule has 2 aromatic heterocycles. The number of aromatic nitrogens is 3. The monoisotopic (exact) mass is 744 g/mol. The van der Waals surface area contributed by atoms with Crippen molar-refractivity contribution in [3.8, 4) is 17.3 Å². The molecule has 294 valence electrons. The minimum atomic E-state index is -1.17. The van der Waals surface area contributed by atoms with E-state index >= 15 is 0 Å². The summed E-state index contributed by atoms with van der Waals surface area (Å²) in [6.45, 7) is 19.6. The molecule has 8 atom stereocenters. The van der Waals surface area contributed by atoms with Crippen molar-refractivity contribution in [3.63, 3.8) is 0 Å². The van der Waals surface area contributed by atoms with Crippen LogP contribution in [-0.4, -0.2) is 56.8 Å². The molecule has 5 aliphatic carbocycles. The van der Waals surface area contributed by atoms with Crippen LogP contribution in [0.5, 0.6) is 5.75 Å². The molecule has 0 spiro atoms. The highest BCUT2D eigenvalue weighted by molar-refractivity contribution is 6.02. The van der Waals surface area contributed by atoms with Crippen molar-refractivity contribution in [2.75, 3.05) is 12.4 Å². The third-order valence-corrected chi connectivity index (χ3v) is 15.8. The van der Waals surface area contributed by atoms with E-state index in [1.807, 2.05) is 6.07 Å². The number of pyridine rings is 1. The van der Waals surface area contributed by atoms with Crippen molar-refractivity contribution >= 4 is 23.7 Å². The van der Waals surface area contributed by atoms with Crippen LogP contribution in [-0.2, 0) is 19.1 Å². The molecule has 7 rings (SSSR count). The third-order valence-electron chi connectivity index (χ3n) is 15.8. The highest BCUT2D eigenvalue weighted by atomic mass is 16.5. The Morgan fingerprint density at radius 1 is 0.981 bits per heavy atom. The second-order valence-electron chi connectivity index (χ2n) is 19.6. The summed E-state index contributed by atoms with van der Waals surface area (Å²) in [4.78, 5) is 43.4. The quantitative estimate of drug-likeness (QED) is 0.237. The minimum Gasteiger partial charge on any atom is -0.495 e. The van der Waals surface area contributed by atoms with Gasteiger partial charge in [0.15, 0.2) is 5.78 Å². The molecular weight excluding hydrogens is 684 g/mol. The summed E-state index contributed by atoms with van der Waals surface area (Å²) in [6.07, 6.45) is 9.33. The Morgan fingerprint density at radius 3 is 2.37 bits per heavy atom. The van der Waals surface area contributed by atoms with Crippen LogP contribution < -0.4 is 10.1 Å². The molecule has 0 saturated heterocycles. The Bertz CT molecular complexity index is 1860. The molecule has 5 aliphatic rings. The van der Waals surface area contributed by atoms with Crippen molar-refractivity contribution in [3.05, 3.63) is 29.5 Å². The predicted molar refractivity (Wildman–Crippen MR) is 203 cm³/mol. The summed E-state index contributed by atoms with van der Waals surface area (Å²) in [6, 6.07) is 3.91. The Labute approximate surface area is 319 Å². The number of allylic oxidation sites excluding steroid dienone is 1. The van der Waals surface area contributed by atoms with Crippen LogP contribution in [0.15, 0.2) is 33.9 Å². The van der Waals surface area contributed by atoms with Crippen molar-refractivity contribution in [1.29, 1.82) is 0 Å². The van der Waals surface area contributed by atoms with Gasteiger partial charge in [-0.15, -0.1) is 5.10 Å². The van der Waals surface area contributed by atoms with Crippen LogP contribution in [0.2, 0.25) is 0 Å². The van der Waals surface area contributed by atoms with E-state index in [0.29, 0.717) is 41.6 Å². The lowest BCUT2D eigenvalue weighted by atomic mass is 9.33. The fourth-order valence-corrected chi connectivity index (χ4v) is 12.8. The maximum Gasteiger partial charge on any atom is 0.316 e. The number of nitrogens with zero attached hydrogens (tertiary/aromatic N) is 3. The van der Waals surface area contributed by atoms with Gasteiger partial charge in [-0.2, -0.15) is 0 Å². The maximum atomic E-state index is 14.1. The Hall–Kier alpha value is -3.76. The summed E-state index contributed by atoms with van der Waals surface area (Å²) < 4.78 is 17.6. The molecule has 0 radical (unpaired) electrons. The molecule has 54 heavy (non-hydrogen) atoms. The lowest BCUT2D eigenvalue weighted by molar-refractivity contribution is -0.231. The summed E-state index contributed by atoms with van der Waals surface area (Å²) in [7, 11) is 1.60. The number of fused-ring (bicyclic) bond motifs is 7. The van der Waals surface area contributed by atoms with Crippen LogP contribution in [0, 0.1) is 50.7 Å². The molecular formula is C43H60N4O7.